The summed E-state index contributed by atoms with van der Waals surface area (Å²) < 4.78 is 13.1. The molecule has 0 aromatic heterocycles. The van der Waals surface area contributed by atoms with Crippen molar-refractivity contribution < 1.29 is 9.18 Å². The molecule has 0 unspecified atom stereocenters. The van der Waals surface area contributed by atoms with Gasteiger partial charge >= 0.3 is 0 Å². The SMILES string of the molecule is CN(c1ccc(F)cc1C=O)C1CCCCCC1. The minimum atomic E-state index is -0.352. The van der Waals surface area contributed by atoms with E-state index in [4.69, 9.17) is 0 Å². The summed E-state index contributed by atoms with van der Waals surface area (Å²) in [7, 11) is 2.01. The number of carbonyl (C=O) groups is 1. The van der Waals surface area contributed by atoms with Crippen molar-refractivity contribution in [3.05, 3.63) is 29.6 Å². The van der Waals surface area contributed by atoms with E-state index in [9.17, 15) is 9.18 Å². The van der Waals surface area contributed by atoms with Crippen LogP contribution in [-0.4, -0.2) is 19.4 Å². The number of benzene rings is 1. The van der Waals surface area contributed by atoms with Crippen LogP contribution >= 0.6 is 0 Å². The zero-order chi connectivity index (χ0) is 13.0. The van der Waals surface area contributed by atoms with E-state index >= 15 is 0 Å². The first kappa shape index (κ1) is 13.1. The quantitative estimate of drug-likeness (QED) is 0.600. The lowest BCUT2D eigenvalue weighted by molar-refractivity contribution is 0.112. The van der Waals surface area contributed by atoms with Crippen LogP contribution in [0.15, 0.2) is 18.2 Å². The van der Waals surface area contributed by atoms with E-state index in [2.05, 4.69) is 4.90 Å². The normalized spacial score (nSPS) is 17.2. The summed E-state index contributed by atoms with van der Waals surface area (Å²) in [5, 5.41) is 0. The topological polar surface area (TPSA) is 20.3 Å². The lowest BCUT2D eigenvalue weighted by atomic mass is 10.1. The van der Waals surface area contributed by atoms with Gasteiger partial charge in [-0.2, -0.15) is 0 Å². The molecule has 0 amide bonds. The van der Waals surface area contributed by atoms with Gasteiger partial charge in [0.1, 0.15) is 5.82 Å². The lowest BCUT2D eigenvalue weighted by Crippen LogP contribution is -2.31. The van der Waals surface area contributed by atoms with Crippen LogP contribution in [0, 0.1) is 5.82 Å². The monoisotopic (exact) mass is 249 g/mol. The highest BCUT2D eigenvalue weighted by Crippen LogP contribution is 2.27. The minimum Gasteiger partial charge on any atom is -0.371 e. The smallest absolute Gasteiger partial charge is 0.152 e. The third-order valence-electron chi connectivity index (χ3n) is 3.87. The van der Waals surface area contributed by atoms with Crippen LogP contribution in [0.5, 0.6) is 0 Å². The molecule has 0 radical (unpaired) electrons. The average Bonchev–Trinajstić information content (AvgIpc) is 2.66. The molecule has 0 saturated heterocycles. The summed E-state index contributed by atoms with van der Waals surface area (Å²) in [6.07, 6.45) is 8.14. The Labute approximate surface area is 108 Å². The van der Waals surface area contributed by atoms with Crippen LogP contribution in [-0.2, 0) is 0 Å². The molecule has 0 N–H and O–H groups in total. The minimum absolute atomic E-state index is 0.352. The molecule has 3 heteroatoms. The van der Waals surface area contributed by atoms with Crippen molar-refractivity contribution in [3.8, 4) is 0 Å². The molecule has 0 spiro atoms. The second-order valence-electron chi connectivity index (χ2n) is 5.08. The molecule has 0 heterocycles. The summed E-state index contributed by atoms with van der Waals surface area (Å²) >= 11 is 0. The standard InChI is InChI=1S/C15H20FNO/c1-17(14-6-4-2-3-5-7-14)15-9-8-13(16)10-12(15)11-18/h8-11,14H,2-7H2,1H3. The van der Waals surface area contributed by atoms with E-state index in [-0.39, 0.29) is 5.82 Å². The molecule has 98 valence electrons. The number of hydrogen-bond donors (Lipinski definition) is 0. The second-order valence-corrected chi connectivity index (χ2v) is 5.08. The molecular weight excluding hydrogens is 229 g/mol. The zero-order valence-corrected chi connectivity index (χ0v) is 10.9. The molecule has 18 heavy (non-hydrogen) atoms. The van der Waals surface area contributed by atoms with E-state index in [0.29, 0.717) is 11.6 Å². The van der Waals surface area contributed by atoms with Gasteiger partial charge in [0, 0.05) is 24.3 Å². The van der Waals surface area contributed by atoms with Crippen molar-refractivity contribution in [2.24, 2.45) is 0 Å². The number of aldehydes is 1. The fourth-order valence-corrected chi connectivity index (χ4v) is 2.78. The van der Waals surface area contributed by atoms with Gasteiger partial charge in [0.05, 0.1) is 0 Å². The van der Waals surface area contributed by atoms with Crippen LogP contribution in [0.25, 0.3) is 0 Å². The van der Waals surface area contributed by atoms with Crippen molar-refractivity contribution >= 4 is 12.0 Å². The first-order valence-electron chi connectivity index (χ1n) is 6.70. The molecule has 2 nitrogen and oxygen atoms in total. The summed E-state index contributed by atoms with van der Waals surface area (Å²) in [5.74, 6) is -0.352. The Bertz CT molecular complexity index is 411. The summed E-state index contributed by atoms with van der Waals surface area (Å²) in [4.78, 5) is 13.2. The van der Waals surface area contributed by atoms with Gasteiger partial charge in [-0.05, 0) is 31.0 Å². The van der Waals surface area contributed by atoms with E-state index in [1.165, 1.54) is 37.8 Å². The molecule has 1 aromatic carbocycles. The Hall–Kier alpha value is -1.38. The Morgan fingerprint density at radius 1 is 1.22 bits per heavy atom. The van der Waals surface area contributed by atoms with Gasteiger partial charge in [-0.1, -0.05) is 25.7 Å². The van der Waals surface area contributed by atoms with Gasteiger partial charge in [0.2, 0.25) is 0 Å². The molecule has 1 fully saturated rings. The van der Waals surface area contributed by atoms with Crippen LogP contribution in [0.3, 0.4) is 0 Å². The Morgan fingerprint density at radius 2 is 1.89 bits per heavy atom. The highest BCUT2D eigenvalue weighted by Gasteiger charge is 2.19. The third kappa shape index (κ3) is 2.89. The average molecular weight is 249 g/mol. The van der Waals surface area contributed by atoms with Crippen LogP contribution in [0.2, 0.25) is 0 Å². The molecule has 1 aliphatic carbocycles. The maximum absolute atomic E-state index is 13.1. The van der Waals surface area contributed by atoms with Crippen LogP contribution in [0.1, 0.15) is 48.9 Å². The van der Waals surface area contributed by atoms with Crippen LogP contribution < -0.4 is 4.90 Å². The first-order valence-corrected chi connectivity index (χ1v) is 6.70. The number of carbonyl (C=O) groups excluding carboxylic acids is 1. The molecule has 1 aliphatic rings. The number of nitrogens with zero attached hydrogens (tertiary/aromatic N) is 1. The summed E-state index contributed by atoms with van der Waals surface area (Å²) in [6.45, 7) is 0. The van der Waals surface area contributed by atoms with Crippen molar-refractivity contribution in [2.75, 3.05) is 11.9 Å². The Kier molecular flexibility index (Phi) is 4.34. The first-order chi connectivity index (χ1) is 8.72. The fourth-order valence-electron chi connectivity index (χ4n) is 2.78. The summed E-state index contributed by atoms with van der Waals surface area (Å²) in [5.41, 5.74) is 1.29. The fraction of sp³-hybridized carbons (Fsp3) is 0.533. The van der Waals surface area contributed by atoms with Gasteiger partial charge in [-0.25, -0.2) is 4.39 Å². The Balaban J connectivity index is 2.21. The van der Waals surface area contributed by atoms with Gasteiger partial charge in [0.15, 0.2) is 6.29 Å². The molecule has 0 aliphatic heterocycles. The van der Waals surface area contributed by atoms with E-state index in [0.717, 1.165) is 24.8 Å². The van der Waals surface area contributed by atoms with Gasteiger partial charge in [0.25, 0.3) is 0 Å². The lowest BCUT2D eigenvalue weighted by Gasteiger charge is -2.30. The van der Waals surface area contributed by atoms with Crippen molar-refractivity contribution in [1.29, 1.82) is 0 Å². The molecule has 1 aromatic rings. The van der Waals surface area contributed by atoms with E-state index < -0.39 is 0 Å². The highest BCUT2D eigenvalue weighted by molar-refractivity contribution is 5.84. The Morgan fingerprint density at radius 3 is 2.50 bits per heavy atom. The molecular formula is C15H20FNO. The second kappa shape index (κ2) is 5.98. The van der Waals surface area contributed by atoms with Gasteiger partial charge in [-0.15, -0.1) is 0 Å². The molecule has 0 bridgehead atoms. The summed E-state index contributed by atoms with van der Waals surface area (Å²) in [6, 6.07) is 4.92. The zero-order valence-electron chi connectivity index (χ0n) is 10.9. The number of rotatable bonds is 3. The predicted octanol–water partition coefficient (Wildman–Crippen LogP) is 3.80. The maximum Gasteiger partial charge on any atom is 0.152 e. The van der Waals surface area contributed by atoms with E-state index in [1.807, 2.05) is 7.05 Å². The maximum atomic E-state index is 13.1. The molecule has 2 rings (SSSR count). The third-order valence-corrected chi connectivity index (χ3v) is 3.87. The number of halogens is 1. The van der Waals surface area contributed by atoms with E-state index in [1.54, 1.807) is 6.07 Å². The number of hydrogen-bond acceptors (Lipinski definition) is 2. The molecule has 1 saturated carbocycles. The largest absolute Gasteiger partial charge is 0.371 e. The van der Waals surface area contributed by atoms with Crippen molar-refractivity contribution in [1.82, 2.24) is 0 Å². The van der Waals surface area contributed by atoms with Gasteiger partial charge < -0.3 is 4.90 Å². The highest BCUT2D eigenvalue weighted by atomic mass is 19.1. The van der Waals surface area contributed by atoms with Crippen molar-refractivity contribution in [3.63, 3.8) is 0 Å². The van der Waals surface area contributed by atoms with Gasteiger partial charge in [-0.3, -0.25) is 4.79 Å². The number of anilines is 1. The molecule has 0 atom stereocenters. The van der Waals surface area contributed by atoms with Crippen molar-refractivity contribution in [2.45, 2.75) is 44.6 Å². The van der Waals surface area contributed by atoms with Crippen LogP contribution in [0.4, 0.5) is 10.1 Å². The predicted molar refractivity (Wildman–Crippen MR) is 71.7 cm³/mol.